The van der Waals surface area contributed by atoms with Gasteiger partial charge in [0, 0.05) is 0 Å². The third kappa shape index (κ3) is 4.10. The Morgan fingerprint density at radius 3 is 2.09 bits per heavy atom. The van der Waals surface area contributed by atoms with Gasteiger partial charge < -0.3 is 19.6 Å². The van der Waals surface area contributed by atoms with Gasteiger partial charge in [-0.3, -0.25) is 4.57 Å². The molecule has 0 bridgehead atoms. The maximum Gasteiger partial charge on any atom is 0.329 e. The molecule has 2 rings (SSSR count). The SMILES string of the molecule is Cc1cc(Oc2c(C)cc(CP(=O)(O)O)cc2C)ccc1O. The summed E-state index contributed by atoms with van der Waals surface area (Å²) in [6.45, 7) is 5.45. The van der Waals surface area contributed by atoms with Crippen LogP contribution in [0.1, 0.15) is 22.3 Å². The fourth-order valence-electron chi connectivity index (χ4n) is 2.34. The molecule has 0 aliphatic rings. The van der Waals surface area contributed by atoms with Crippen LogP contribution in [0.2, 0.25) is 0 Å². The molecule has 0 spiro atoms. The summed E-state index contributed by atoms with van der Waals surface area (Å²) in [7, 11) is -4.09. The summed E-state index contributed by atoms with van der Waals surface area (Å²) >= 11 is 0. The lowest BCUT2D eigenvalue weighted by atomic mass is 10.1. The van der Waals surface area contributed by atoms with Crippen LogP contribution >= 0.6 is 7.60 Å². The van der Waals surface area contributed by atoms with Gasteiger partial charge in [-0.2, -0.15) is 0 Å². The third-order valence-corrected chi connectivity index (χ3v) is 4.07. The van der Waals surface area contributed by atoms with Crippen LogP contribution in [0.4, 0.5) is 0 Å². The Hall–Kier alpha value is -1.81. The second-order valence-electron chi connectivity index (χ2n) is 5.43. The molecule has 0 aromatic heterocycles. The second-order valence-corrected chi connectivity index (χ2v) is 7.08. The summed E-state index contributed by atoms with van der Waals surface area (Å²) in [6.07, 6.45) is -0.284. The minimum atomic E-state index is -4.09. The van der Waals surface area contributed by atoms with Crippen molar-refractivity contribution in [2.24, 2.45) is 0 Å². The van der Waals surface area contributed by atoms with Gasteiger partial charge in [-0.1, -0.05) is 12.1 Å². The number of hydrogen-bond donors (Lipinski definition) is 3. The van der Waals surface area contributed by atoms with Gasteiger partial charge in [0.2, 0.25) is 0 Å². The van der Waals surface area contributed by atoms with Crippen LogP contribution in [-0.4, -0.2) is 14.9 Å². The Balaban J connectivity index is 2.32. The highest BCUT2D eigenvalue weighted by molar-refractivity contribution is 7.50. The third-order valence-electron chi connectivity index (χ3n) is 3.30. The van der Waals surface area contributed by atoms with E-state index in [1.807, 2.05) is 13.8 Å². The molecule has 0 heterocycles. The molecule has 0 fully saturated rings. The van der Waals surface area contributed by atoms with E-state index in [1.165, 1.54) is 0 Å². The molecule has 0 saturated carbocycles. The predicted octanol–water partition coefficient (Wildman–Crippen LogP) is 3.79. The summed E-state index contributed by atoms with van der Waals surface area (Å²) < 4.78 is 17.0. The minimum absolute atomic E-state index is 0.206. The quantitative estimate of drug-likeness (QED) is 0.746. The highest BCUT2D eigenvalue weighted by Crippen LogP contribution is 2.41. The van der Waals surface area contributed by atoms with Crippen molar-refractivity contribution in [2.45, 2.75) is 26.9 Å². The molecule has 0 saturated heterocycles. The zero-order valence-corrected chi connectivity index (χ0v) is 13.6. The van der Waals surface area contributed by atoms with Gasteiger partial charge in [-0.15, -0.1) is 0 Å². The van der Waals surface area contributed by atoms with E-state index in [0.29, 0.717) is 22.6 Å². The van der Waals surface area contributed by atoms with E-state index >= 15 is 0 Å². The summed E-state index contributed by atoms with van der Waals surface area (Å²) in [6, 6.07) is 8.41. The van der Waals surface area contributed by atoms with Crippen LogP contribution in [-0.2, 0) is 10.7 Å². The molecule has 2 aromatic carbocycles. The largest absolute Gasteiger partial charge is 0.508 e. The van der Waals surface area contributed by atoms with Crippen molar-refractivity contribution >= 4 is 7.60 Å². The molecule has 5 nitrogen and oxygen atoms in total. The maximum atomic E-state index is 11.1. The standard InChI is InChI=1S/C16H19O5P/c1-10-8-14(4-5-15(10)17)21-16-11(2)6-13(7-12(16)3)9-22(18,19)20/h4-8,17H,9H2,1-3H3,(H2,18,19,20). The lowest BCUT2D eigenvalue weighted by molar-refractivity contribution is 0.371. The molecule has 22 heavy (non-hydrogen) atoms. The molecule has 0 aliphatic heterocycles. The number of hydrogen-bond acceptors (Lipinski definition) is 3. The fraction of sp³-hybridized carbons (Fsp3) is 0.250. The van der Waals surface area contributed by atoms with Crippen LogP contribution in [0.15, 0.2) is 30.3 Å². The van der Waals surface area contributed by atoms with E-state index in [-0.39, 0.29) is 11.9 Å². The smallest absolute Gasteiger partial charge is 0.329 e. The van der Waals surface area contributed by atoms with E-state index in [9.17, 15) is 9.67 Å². The molecular weight excluding hydrogens is 303 g/mol. The van der Waals surface area contributed by atoms with E-state index in [0.717, 1.165) is 11.1 Å². The monoisotopic (exact) mass is 322 g/mol. The van der Waals surface area contributed by atoms with Gasteiger partial charge in [0.15, 0.2) is 0 Å². The van der Waals surface area contributed by atoms with Crippen LogP contribution in [0, 0.1) is 20.8 Å². The van der Waals surface area contributed by atoms with Crippen molar-refractivity contribution in [3.05, 3.63) is 52.6 Å². The topological polar surface area (TPSA) is 87.0 Å². The molecule has 0 amide bonds. The summed E-state index contributed by atoms with van der Waals surface area (Å²) in [5.41, 5.74) is 2.90. The maximum absolute atomic E-state index is 11.1. The average Bonchev–Trinajstić information content (AvgIpc) is 2.36. The first kappa shape index (κ1) is 16.6. The van der Waals surface area contributed by atoms with Gasteiger partial charge in [0.05, 0.1) is 6.16 Å². The Bertz CT molecular complexity index is 725. The van der Waals surface area contributed by atoms with Crippen molar-refractivity contribution in [3.63, 3.8) is 0 Å². The van der Waals surface area contributed by atoms with Crippen LogP contribution in [0.3, 0.4) is 0 Å². The zero-order valence-electron chi connectivity index (χ0n) is 12.7. The first-order chi connectivity index (χ1) is 10.2. The summed E-state index contributed by atoms with van der Waals surface area (Å²) in [5, 5.41) is 9.53. The Kier molecular flexibility index (Phi) is 4.61. The molecule has 0 aliphatic carbocycles. The van der Waals surface area contributed by atoms with Crippen molar-refractivity contribution in [3.8, 4) is 17.2 Å². The lowest BCUT2D eigenvalue weighted by Crippen LogP contribution is -1.95. The number of phenolic OH excluding ortho intramolecular Hbond substituents is 1. The van der Waals surface area contributed by atoms with Gasteiger partial charge in [-0.05, 0) is 61.2 Å². The summed E-state index contributed by atoms with van der Waals surface area (Å²) in [5.74, 6) is 1.46. The van der Waals surface area contributed by atoms with Crippen molar-refractivity contribution in [2.75, 3.05) is 0 Å². The van der Waals surface area contributed by atoms with Crippen LogP contribution in [0.5, 0.6) is 17.2 Å². The average molecular weight is 322 g/mol. The molecule has 0 unspecified atom stereocenters. The second kappa shape index (κ2) is 6.13. The molecule has 2 aromatic rings. The molecule has 6 heteroatoms. The van der Waals surface area contributed by atoms with Gasteiger partial charge in [-0.25, -0.2) is 0 Å². The van der Waals surface area contributed by atoms with Crippen LogP contribution < -0.4 is 4.74 Å². The number of aromatic hydroxyl groups is 1. The van der Waals surface area contributed by atoms with Crippen molar-refractivity contribution < 1.29 is 24.2 Å². The number of phenols is 1. The van der Waals surface area contributed by atoms with Gasteiger partial charge >= 0.3 is 7.60 Å². The first-order valence-electron chi connectivity index (χ1n) is 6.78. The van der Waals surface area contributed by atoms with Gasteiger partial charge in [0.25, 0.3) is 0 Å². The summed E-state index contributed by atoms with van der Waals surface area (Å²) in [4.78, 5) is 18.1. The first-order valence-corrected chi connectivity index (χ1v) is 8.57. The Morgan fingerprint density at radius 2 is 1.59 bits per heavy atom. The number of aryl methyl sites for hydroxylation is 3. The van der Waals surface area contributed by atoms with Gasteiger partial charge in [0.1, 0.15) is 17.2 Å². The molecule has 3 N–H and O–H groups in total. The van der Waals surface area contributed by atoms with E-state index in [1.54, 1.807) is 37.3 Å². The Morgan fingerprint density at radius 1 is 1.00 bits per heavy atom. The van der Waals surface area contributed by atoms with E-state index in [2.05, 4.69) is 0 Å². The van der Waals surface area contributed by atoms with Crippen molar-refractivity contribution in [1.29, 1.82) is 0 Å². The molecular formula is C16H19O5P. The Labute approximate surface area is 129 Å². The zero-order chi connectivity index (χ0) is 16.5. The number of rotatable bonds is 4. The highest BCUT2D eigenvalue weighted by Gasteiger charge is 2.16. The lowest BCUT2D eigenvalue weighted by Gasteiger charge is -2.15. The van der Waals surface area contributed by atoms with Crippen molar-refractivity contribution in [1.82, 2.24) is 0 Å². The number of ether oxygens (including phenoxy) is 1. The fourth-order valence-corrected chi connectivity index (χ4v) is 3.00. The molecule has 0 radical (unpaired) electrons. The van der Waals surface area contributed by atoms with E-state index < -0.39 is 7.60 Å². The number of benzene rings is 2. The molecule has 0 atom stereocenters. The minimum Gasteiger partial charge on any atom is -0.508 e. The highest BCUT2D eigenvalue weighted by atomic mass is 31.2. The van der Waals surface area contributed by atoms with Crippen LogP contribution in [0.25, 0.3) is 0 Å². The van der Waals surface area contributed by atoms with E-state index in [4.69, 9.17) is 14.5 Å². The molecule has 118 valence electrons. The predicted molar refractivity (Wildman–Crippen MR) is 84.6 cm³/mol. The normalized spacial score (nSPS) is 11.5.